The molecule has 0 aromatic rings. The summed E-state index contributed by atoms with van der Waals surface area (Å²) in [6.45, 7) is 3.81. The zero-order valence-corrected chi connectivity index (χ0v) is 9.20. The van der Waals surface area contributed by atoms with E-state index in [1.807, 2.05) is 28.1 Å². The molecule has 0 aliphatic rings. The first-order valence-corrected chi connectivity index (χ1v) is 4.56. The monoisotopic (exact) mass is 186 g/mol. The van der Waals surface area contributed by atoms with Crippen molar-refractivity contribution in [1.82, 2.24) is 0 Å². The van der Waals surface area contributed by atoms with E-state index in [1.165, 1.54) is 6.08 Å². The Balaban J connectivity index is 4.22. The van der Waals surface area contributed by atoms with Crippen LogP contribution in [0.15, 0.2) is 12.2 Å². The average molecular weight is 186 g/mol. The van der Waals surface area contributed by atoms with Crippen LogP contribution in [0.25, 0.3) is 0 Å². The van der Waals surface area contributed by atoms with Gasteiger partial charge in [0.2, 0.25) is 6.23 Å². The van der Waals surface area contributed by atoms with Crippen LogP contribution in [-0.4, -0.2) is 37.8 Å². The molecule has 1 atom stereocenters. The van der Waals surface area contributed by atoms with Gasteiger partial charge in [-0.2, -0.15) is 0 Å². The Kier molecular flexibility index (Phi) is 4.70. The van der Waals surface area contributed by atoms with Crippen LogP contribution in [-0.2, 0) is 9.53 Å². The normalized spacial score (nSPS) is 14.5. The number of esters is 1. The van der Waals surface area contributed by atoms with Gasteiger partial charge in [-0.05, 0) is 6.92 Å². The highest BCUT2D eigenvalue weighted by atomic mass is 16.6. The van der Waals surface area contributed by atoms with Crippen LogP contribution in [0.1, 0.15) is 20.3 Å². The molecule has 0 rings (SSSR count). The average Bonchev–Trinajstić information content (AvgIpc) is 1.98. The molecule has 3 nitrogen and oxygen atoms in total. The summed E-state index contributed by atoms with van der Waals surface area (Å²) in [5.41, 5.74) is 0. The quantitative estimate of drug-likeness (QED) is 0.288. The summed E-state index contributed by atoms with van der Waals surface area (Å²) in [4.78, 5) is 11.1. The van der Waals surface area contributed by atoms with E-state index in [9.17, 15) is 4.79 Å². The Bertz CT molecular complexity index is 192. The maximum Gasteiger partial charge on any atom is 0.334 e. The third kappa shape index (κ3) is 4.68. The number of nitrogens with zero attached hydrogens (tertiary/aromatic N) is 1. The highest BCUT2D eigenvalue weighted by Gasteiger charge is 2.24. The summed E-state index contributed by atoms with van der Waals surface area (Å²) >= 11 is 0. The van der Waals surface area contributed by atoms with Crippen molar-refractivity contribution in [2.45, 2.75) is 26.5 Å². The van der Waals surface area contributed by atoms with Gasteiger partial charge in [0.1, 0.15) is 0 Å². The second-order valence-electron chi connectivity index (χ2n) is 3.92. The first kappa shape index (κ1) is 12.2. The zero-order valence-electron chi connectivity index (χ0n) is 9.20. The Hall–Kier alpha value is -0.830. The molecule has 0 N–H and O–H groups in total. The number of ether oxygens (including phenoxy) is 1. The van der Waals surface area contributed by atoms with E-state index in [0.717, 1.165) is 6.42 Å². The van der Waals surface area contributed by atoms with Crippen molar-refractivity contribution in [2.24, 2.45) is 0 Å². The molecule has 0 spiro atoms. The summed E-state index contributed by atoms with van der Waals surface area (Å²) in [7, 11) is 6.03. The fourth-order valence-corrected chi connectivity index (χ4v) is 1.10. The molecular formula is C10H20NO2+. The minimum atomic E-state index is -0.262. The van der Waals surface area contributed by atoms with Gasteiger partial charge in [-0.25, -0.2) is 4.79 Å². The third-order valence-corrected chi connectivity index (χ3v) is 1.77. The maximum absolute atomic E-state index is 11.1. The van der Waals surface area contributed by atoms with E-state index in [0.29, 0.717) is 4.48 Å². The lowest BCUT2D eigenvalue weighted by molar-refractivity contribution is -0.916. The molecule has 0 aromatic carbocycles. The van der Waals surface area contributed by atoms with Crippen molar-refractivity contribution in [3.05, 3.63) is 12.2 Å². The van der Waals surface area contributed by atoms with Gasteiger partial charge in [-0.3, -0.25) is 4.48 Å². The number of hydrogen-bond donors (Lipinski definition) is 0. The van der Waals surface area contributed by atoms with E-state index >= 15 is 0 Å². The highest BCUT2D eigenvalue weighted by molar-refractivity contribution is 5.81. The van der Waals surface area contributed by atoms with Gasteiger partial charge >= 0.3 is 5.97 Å². The molecule has 0 aliphatic carbocycles. The van der Waals surface area contributed by atoms with E-state index in [4.69, 9.17) is 4.74 Å². The molecule has 0 aromatic heterocycles. The second kappa shape index (κ2) is 5.02. The summed E-state index contributed by atoms with van der Waals surface area (Å²) in [6, 6.07) is 0. The smallest absolute Gasteiger partial charge is 0.334 e. The number of allylic oxidation sites excluding steroid dienone is 1. The van der Waals surface area contributed by atoms with Crippen LogP contribution in [0.5, 0.6) is 0 Å². The topological polar surface area (TPSA) is 26.3 Å². The van der Waals surface area contributed by atoms with Crippen molar-refractivity contribution >= 4 is 5.97 Å². The lowest BCUT2D eigenvalue weighted by Gasteiger charge is -2.32. The number of quaternary nitrogens is 1. The van der Waals surface area contributed by atoms with Crippen LogP contribution in [0.3, 0.4) is 0 Å². The summed E-state index contributed by atoms with van der Waals surface area (Å²) in [5.74, 6) is -0.262. The number of hydrogen-bond acceptors (Lipinski definition) is 2. The molecule has 0 saturated carbocycles. The Morgan fingerprint density at radius 1 is 1.46 bits per heavy atom. The molecular weight excluding hydrogens is 166 g/mol. The minimum Gasteiger partial charge on any atom is -0.409 e. The molecule has 0 amide bonds. The standard InChI is InChI=1S/C10H20NO2/c1-6-8-10(12)13-9(7-2)11(3,4)5/h6,8-9H,7H2,1-5H3/q+1. The zero-order chi connectivity index (χ0) is 10.5. The van der Waals surface area contributed by atoms with E-state index < -0.39 is 0 Å². The molecule has 0 aliphatic heterocycles. The fraction of sp³-hybridized carbons (Fsp3) is 0.700. The molecule has 1 unspecified atom stereocenters. The molecule has 0 fully saturated rings. The van der Waals surface area contributed by atoms with Gasteiger partial charge in [-0.1, -0.05) is 13.0 Å². The van der Waals surface area contributed by atoms with Gasteiger partial charge in [0.05, 0.1) is 21.1 Å². The van der Waals surface area contributed by atoms with Crippen LogP contribution < -0.4 is 0 Å². The second-order valence-corrected chi connectivity index (χ2v) is 3.92. The van der Waals surface area contributed by atoms with Crippen LogP contribution >= 0.6 is 0 Å². The summed E-state index contributed by atoms with van der Waals surface area (Å²) in [5, 5.41) is 0. The van der Waals surface area contributed by atoms with E-state index in [-0.39, 0.29) is 12.2 Å². The van der Waals surface area contributed by atoms with Gasteiger partial charge in [0, 0.05) is 12.5 Å². The SMILES string of the molecule is CC=CC(=O)OC(CC)[N+](C)(C)C. The molecule has 0 heterocycles. The van der Waals surface area contributed by atoms with E-state index in [2.05, 4.69) is 0 Å². The van der Waals surface area contributed by atoms with Crippen molar-refractivity contribution in [3.63, 3.8) is 0 Å². The summed E-state index contributed by atoms with van der Waals surface area (Å²) < 4.78 is 5.89. The van der Waals surface area contributed by atoms with Gasteiger partial charge < -0.3 is 4.74 Å². The number of rotatable bonds is 4. The molecule has 13 heavy (non-hydrogen) atoms. The van der Waals surface area contributed by atoms with Gasteiger partial charge in [-0.15, -0.1) is 0 Å². The fourth-order valence-electron chi connectivity index (χ4n) is 1.10. The summed E-state index contributed by atoms with van der Waals surface area (Å²) in [6.07, 6.45) is 3.89. The number of carbonyl (C=O) groups excluding carboxylic acids is 1. The molecule has 3 heteroatoms. The largest absolute Gasteiger partial charge is 0.409 e. The molecule has 0 bridgehead atoms. The molecule has 0 saturated heterocycles. The predicted molar refractivity (Wildman–Crippen MR) is 53.0 cm³/mol. The van der Waals surface area contributed by atoms with Gasteiger partial charge in [0.25, 0.3) is 0 Å². The first-order valence-electron chi connectivity index (χ1n) is 4.56. The predicted octanol–water partition coefficient (Wildman–Crippen LogP) is 1.55. The van der Waals surface area contributed by atoms with Crippen molar-refractivity contribution in [3.8, 4) is 0 Å². The minimum absolute atomic E-state index is 0.0660. The van der Waals surface area contributed by atoms with Crippen LogP contribution in [0.2, 0.25) is 0 Å². The van der Waals surface area contributed by atoms with Crippen molar-refractivity contribution in [2.75, 3.05) is 21.1 Å². The maximum atomic E-state index is 11.1. The Morgan fingerprint density at radius 2 is 2.00 bits per heavy atom. The van der Waals surface area contributed by atoms with Crippen LogP contribution in [0.4, 0.5) is 0 Å². The highest BCUT2D eigenvalue weighted by Crippen LogP contribution is 2.09. The van der Waals surface area contributed by atoms with Gasteiger partial charge in [0.15, 0.2) is 0 Å². The van der Waals surface area contributed by atoms with E-state index in [1.54, 1.807) is 13.0 Å². The third-order valence-electron chi connectivity index (χ3n) is 1.77. The Morgan fingerprint density at radius 3 is 2.31 bits per heavy atom. The van der Waals surface area contributed by atoms with Crippen LogP contribution in [0, 0.1) is 0 Å². The number of carbonyl (C=O) groups is 1. The molecule has 0 radical (unpaired) electrons. The first-order chi connectivity index (χ1) is 5.91. The Labute approximate surface area is 80.6 Å². The van der Waals surface area contributed by atoms with Crippen molar-refractivity contribution < 1.29 is 14.0 Å². The lowest BCUT2D eigenvalue weighted by atomic mass is 10.3. The lowest BCUT2D eigenvalue weighted by Crippen LogP contribution is -2.47. The molecule has 76 valence electrons. The van der Waals surface area contributed by atoms with Crippen molar-refractivity contribution in [1.29, 1.82) is 0 Å².